The Hall–Kier alpha value is -2.83. The maximum atomic E-state index is 13.5. The number of benzene rings is 2. The molecule has 150 valence electrons. The van der Waals surface area contributed by atoms with Gasteiger partial charge in [-0.2, -0.15) is 0 Å². The van der Waals surface area contributed by atoms with Gasteiger partial charge in [0.15, 0.2) is 0 Å². The van der Waals surface area contributed by atoms with Gasteiger partial charge in [-0.15, -0.1) is 0 Å². The van der Waals surface area contributed by atoms with Crippen LogP contribution in [0.4, 0.5) is 0 Å². The minimum Gasteiger partial charge on any atom is -0.497 e. The molecule has 0 radical (unpaired) electrons. The highest BCUT2D eigenvalue weighted by Gasteiger charge is 2.52. The molecule has 3 heterocycles. The molecule has 29 heavy (non-hydrogen) atoms. The molecule has 2 fully saturated rings. The molecule has 0 saturated carbocycles. The van der Waals surface area contributed by atoms with E-state index in [1.807, 2.05) is 35.3 Å². The average Bonchev–Trinajstić information content (AvgIpc) is 3.34. The van der Waals surface area contributed by atoms with Crippen molar-refractivity contribution in [3.63, 3.8) is 0 Å². The number of hydrogen-bond donors (Lipinski definition) is 0. The lowest BCUT2D eigenvalue weighted by Gasteiger charge is -2.36. The molecule has 0 N–H and O–H groups in total. The summed E-state index contributed by atoms with van der Waals surface area (Å²) in [6, 6.07) is 18.1. The fourth-order valence-corrected chi connectivity index (χ4v) is 4.60. The molecular weight excluding hydrogens is 366 g/mol. The lowest BCUT2D eigenvalue weighted by atomic mass is 9.96. The van der Waals surface area contributed by atoms with Crippen molar-refractivity contribution in [1.29, 1.82) is 0 Å². The Bertz CT molecular complexity index is 907. The minimum atomic E-state index is -0.205. The molecule has 0 bridgehead atoms. The van der Waals surface area contributed by atoms with Crippen LogP contribution in [0.1, 0.15) is 17.2 Å². The molecule has 2 aromatic rings. The molecule has 2 aromatic carbocycles. The van der Waals surface area contributed by atoms with Crippen LogP contribution in [0.25, 0.3) is 5.70 Å². The number of hydrazine groups is 1. The van der Waals surface area contributed by atoms with Crippen LogP contribution < -0.4 is 4.74 Å². The van der Waals surface area contributed by atoms with Crippen molar-refractivity contribution in [2.45, 2.75) is 12.1 Å². The van der Waals surface area contributed by atoms with Crippen molar-refractivity contribution in [3.05, 3.63) is 71.8 Å². The van der Waals surface area contributed by atoms with E-state index in [0.29, 0.717) is 19.8 Å². The van der Waals surface area contributed by atoms with Gasteiger partial charge in [-0.1, -0.05) is 30.3 Å². The molecule has 0 spiro atoms. The van der Waals surface area contributed by atoms with E-state index in [1.54, 1.807) is 7.11 Å². The van der Waals surface area contributed by atoms with E-state index in [2.05, 4.69) is 40.3 Å². The first-order chi connectivity index (χ1) is 14.3. The summed E-state index contributed by atoms with van der Waals surface area (Å²) in [7, 11) is 1.67. The van der Waals surface area contributed by atoms with Gasteiger partial charge in [0.05, 0.1) is 32.6 Å². The first kappa shape index (κ1) is 18.2. The highest BCUT2D eigenvalue weighted by atomic mass is 16.5. The van der Waals surface area contributed by atoms with Crippen LogP contribution in [0.2, 0.25) is 0 Å². The second-order valence-electron chi connectivity index (χ2n) is 7.53. The van der Waals surface area contributed by atoms with Crippen molar-refractivity contribution in [3.8, 4) is 5.75 Å². The first-order valence-electron chi connectivity index (χ1n) is 10.1. The number of carbonyl (C=O) groups excluding carboxylic acids is 1. The fraction of sp³-hybridized carbons (Fsp3) is 0.348. The van der Waals surface area contributed by atoms with Gasteiger partial charge >= 0.3 is 0 Å². The van der Waals surface area contributed by atoms with E-state index < -0.39 is 0 Å². The topological polar surface area (TPSA) is 45.3 Å². The molecule has 0 aliphatic carbocycles. The average molecular weight is 391 g/mol. The third-order valence-corrected chi connectivity index (χ3v) is 6.00. The van der Waals surface area contributed by atoms with Crippen LogP contribution >= 0.6 is 0 Å². The van der Waals surface area contributed by atoms with E-state index in [4.69, 9.17) is 9.47 Å². The number of rotatable bonds is 4. The zero-order chi connectivity index (χ0) is 19.8. The fourth-order valence-electron chi connectivity index (χ4n) is 4.60. The number of amides is 1. The summed E-state index contributed by atoms with van der Waals surface area (Å²) in [4.78, 5) is 15.8. The number of ether oxygens (including phenoxy) is 2. The van der Waals surface area contributed by atoms with Gasteiger partial charge in [-0.05, 0) is 41.5 Å². The second kappa shape index (κ2) is 7.54. The maximum Gasteiger partial charge on any atom is 0.261 e. The SMILES string of the molecule is COc1ccc(C2=CCN3C(=O)[C@H](N4CCOCC4)[C@@H](c4ccccc4)N23)cc1. The van der Waals surface area contributed by atoms with Crippen LogP contribution in [-0.4, -0.2) is 66.8 Å². The third kappa shape index (κ3) is 3.09. The van der Waals surface area contributed by atoms with Gasteiger partial charge in [0.25, 0.3) is 5.91 Å². The van der Waals surface area contributed by atoms with Gasteiger partial charge in [-0.3, -0.25) is 14.7 Å². The number of nitrogens with zero attached hydrogens (tertiary/aromatic N) is 3. The molecule has 6 nitrogen and oxygen atoms in total. The molecule has 1 amide bonds. The molecular formula is C23H25N3O3. The number of carbonyl (C=O) groups is 1. The molecule has 5 rings (SSSR count). The lowest BCUT2D eigenvalue weighted by Crippen LogP contribution is -2.49. The number of hydrogen-bond acceptors (Lipinski definition) is 5. The number of fused-ring (bicyclic) bond motifs is 1. The van der Waals surface area contributed by atoms with Gasteiger partial charge in [0.1, 0.15) is 17.8 Å². The molecule has 2 saturated heterocycles. The predicted octanol–water partition coefficient (Wildman–Crippen LogP) is 2.55. The van der Waals surface area contributed by atoms with Crippen LogP contribution in [0, 0.1) is 0 Å². The summed E-state index contributed by atoms with van der Waals surface area (Å²) in [5.41, 5.74) is 3.32. The highest BCUT2D eigenvalue weighted by Crippen LogP contribution is 2.44. The Morgan fingerprint density at radius 2 is 1.69 bits per heavy atom. The van der Waals surface area contributed by atoms with E-state index in [0.717, 1.165) is 35.7 Å². The third-order valence-electron chi connectivity index (χ3n) is 6.00. The Balaban J connectivity index is 1.55. The van der Waals surface area contributed by atoms with Crippen LogP contribution in [0.15, 0.2) is 60.7 Å². The summed E-state index contributed by atoms with van der Waals surface area (Å²) >= 11 is 0. The highest BCUT2D eigenvalue weighted by molar-refractivity contribution is 5.89. The maximum absolute atomic E-state index is 13.5. The Kier molecular flexibility index (Phi) is 4.73. The molecule has 0 unspecified atom stereocenters. The van der Waals surface area contributed by atoms with E-state index >= 15 is 0 Å². The molecule has 0 aromatic heterocycles. The van der Waals surface area contributed by atoms with Gasteiger partial charge < -0.3 is 9.47 Å². The van der Waals surface area contributed by atoms with Crippen molar-refractivity contribution in [1.82, 2.24) is 14.9 Å². The van der Waals surface area contributed by atoms with Crippen LogP contribution in [-0.2, 0) is 9.53 Å². The van der Waals surface area contributed by atoms with Crippen molar-refractivity contribution >= 4 is 11.6 Å². The van der Waals surface area contributed by atoms with Gasteiger partial charge in [-0.25, -0.2) is 5.01 Å². The Labute approximate surface area is 170 Å². The minimum absolute atomic E-state index is 0.0577. The summed E-state index contributed by atoms with van der Waals surface area (Å²) in [6.07, 6.45) is 2.14. The standard InChI is InChI=1S/C23H25N3O3/c1-28-19-9-7-17(8-10-19)20-11-12-25-23(27)22(24-13-15-29-16-14-24)21(26(20)25)18-5-3-2-4-6-18/h2-11,21-22H,12-16H2,1H3/t21-,22-/m1/s1. The molecule has 2 atom stereocenters. The number of methoxy groups -OCH3 is 1. The molecule has 3 aliphatic heterocycles. The largest absolute Gasteiger partial charge is 0.497 e. The van der Waals surface area contributed by atoms with Crippen molar-refractivity contribution < 1.29 is 14.3 Å². The predicted molar refractivity (Wildman–Crippen MR) is 110 cm³/mol. The van der Waals surface area contributed by atoms with Crippen molar-refractivity contribution in [2.75, 3.05) is 40.0 Å². The Morgan fingerprint density at radius 3 is 2.38 bits per heavy atom. The number of morpholine rings is 1. The molecule has 3 aliphatic rings. The Morgan fingerprint density at radius 1 is 0.966 bits per heavy atom. The van der Waals surface area contributed by atoms with Gasteiger partial charge in [0.2, 0.25) is 0 Å². The van der Waals surface area contributed by atoms with Crippen molar-refractivity contribution in [2.24, 2.45) is 0 Å². The quantitative estimate of drug-likeness (QED) is 0.802. The second-order valence-corrected chi connectivity index (χ2v) is 7.53. The van der Waals surface area contributed by atoms with E-state index in [9.17, 15) is 4.79 Å². The van der Waals surface area contributed by atoms with Crippen LogP contribution in [0.5, 0.6) is 5.75 Å². The summed E-state index contributed by atoms with van der Waals surface area (Å²) < 4.78 is 10.8. The van der Waals surface area contributed by atoms with E-state index in [1.165, 1.54) is 0 Å². The van der Waals surface area contributed by atoms with Crippen LogP contribution in [0.3, 0.4) is 0 Å². The summed E-state index contributed by atoms with van der Waals surface area (Å²) in [5, 5.41) is 4.09. The normalized spacial score (nSPS) is 24.6. The van der Waals surface area contributed by atoms with E-state index in [-0.39, 0.29) is 18.0 Å². The van der Waals surface area contributed by atoms with Gasteiger partial charge in [0, 0.05) is 13.1 Å². The summed E-state index contributed by atoms with van der Waals surface area (Å²) in [5.74, 6) is 0.994. The summed E-state index contributed by atoms with van der Waals surface area (Å²) in [6.45, 7) is 3.51. The smallest absolute Gasteiger partial charge is 0.261 e. The zero-order valence-corrected chi connectivity index (χ0v) is 16.5. The lowest BCUT2D eigenvalue weighted by molar-refractivity contribution is -0.137. The molecule has 6 heteroatoms. The zero-order valence-electron chi connectivity index (χ0n) is 16.5. The monoisotopic (exact) mass is 391 g/mol. The first-order valence-corrected chi connectivity index (χ1v) is 10.1.